The van der Waals surface area contributed by atoms with Gasteiger partial charge in [0.15, 0.2) is 5.96 Å². The van der Waals surface area contributed by atoms with Crippen molar-refractivity contribution < 1.29 is 0 Å². The number of aromatic nitrogens is 2. The normalized spacial score (nSPS) is 15.1. The van der Waals surface area contributed by atoms with E-state index in [2.05, 4.69) is 33.1 Å². The van der Waals surface area contributed by atoms with Crippen LogP contribution in [0.4, 0.5) is 5.13 Å². The molecule has 0 bridgehead atoms. The van der Waals surface area contributed by atoms with Gasteiger partial charge in [-0.05, 0) is 25.3 Å². The summed E-state index contributed by atoms with van der Waals surface area (Å²) in [6.45, 7) is 4.04. The molecule has 0 unspecified atom stereocenters. The van der Waals surface area contributed by atoms with Gasteiger partial charge in [-0.2, -0.15) is 4.99 Å². The molecule has 2 N–H and O–H groups in total. The fourth-order valence-electron chi connectivity index (χ4n) is 2.30. The van der Waals surface area contributed by atoms with Gasteiger partial charge in [-0.1, -0.05) is 35.6 Å². The van der Waals surface area contributed by atoms with E-state index >= 15 is 0 Å². The first-order valence-electron chi connectivity index (χ1n) is 6.72. The molecule has 0 amide bonds. The van der Waals surface area contributed by atoms with Crippen molar-refractivity contribution in [3.63, 3.8) is 0 Å². The summed E-state index contributed by atoms with van der Waals surface area (Å²) in [5.41, 5.74) is 8.29. The van der Waals surface area contributed by atoms with Crippen LogP contribution < -0.4 is 5.73 Å². The van der Waals surface area contributed by atoms with Crippen molar-refractivity contribution in [3.05, 3.63) is 29.8 Å². The highest BCUT2D eigenvalue weighted by molar-refractivity contribution is 7.18. The molecule has 1 aliphatic rings. The lowest BCUT2D eigenvalue weighted by Gasteiger charge is -2.14. The van der Waals surface area contributed by atoms with Crippen LogP contribution in [0, 0.1) is 6.92 Å². The van der Waals surface area contributed by atoms with E-state index in [9.17, 15) is 0 Å². The second-order valence-corrected chi connectivity index (χ2v) is 5.82. The highest BCUT2D eigenvalue weighted by atomic mass is 35.5. The molecular weight excluding hydrogens is 306 g/mol. The van der Waals surface area contributed by atoms with E-state index in [1.807, 2.05) is 18.2 Å². The van der Waals surface area contributed by atoms with E-state index in [-0.39, 0.29) is 12.4 Å². The van der Waals surface area contributed by atoms with E-state index < -0.39 is 0 Å². The van der Waals surface area contributed by atoms with Crippen molar-refractivity contribution in [2.24, 2.45) is 10.7 Å². The summed E-state index contributed by atoms with van der Waals surface area (Å²) >= 11 is 1.47. The summed E-state index contributed by atoms with van der Waals surface area (Å²) < 4.78 is 0. The molecule has 1 aromatic heterocycles. The molecule has 0 aliphatic carbocycles. The number of hydrogen-bond donors (Lipinski definition) is 1. The first-order chi connectivity index (χ1) is 9.74. The Hall–Kier alpha value is -1.66. The van der Waals surface area contributed by atoms with Gasteiger partial charge in [0.25, 0.3) is 0 Å². The zero-order valence-electron chi connectivity index (χ0n) is 11.8. The quantitative estimate of drug-likeness (QED) is 0.681. The Balaban J connectivity index is 0.00000161. The number of rotatable bonds is 2. The van der Waals surface area contributed by atoms with Crippen molar-refractivity contribution in [2.75, 3.05) is 13.1 Å². The van der Waals surface area contributed by atoms with Crippen LogP contribution in [0.25, 0.3) is 10.6 Å². The largest absolute Gasteiger partial charge is 0.369 e. The van der Waals surface area contributed by atoms with E-state index in [1.54, 1.807) is 0 Å². The summed E-state index contributed by atoms with van der Waals surface area (Å²) in [5.74, 6) is 0.551. The number of aliphatic imine (C=N–C) groups is 1. The molecule has 0 radical (unpaired) electrons. The minimum atomic E-state index is 0. The lowest BCUT2D eigenvalue weighted by molar-refractivity contribution is 0.513. The summed E-state index contributed by atoms with van der Waals surface area (Å²) in [6, 6.07) is 8.14. The zero-order chi connectivity index (χ0) is 13.9. The number of guanidine groups is 1. The van der Waals surface area contributed by atoms with Gasteiger partial charge in [-0.15, -0.1) is 22.6 Å². The Kier molecular flexibility index (Phi) is 5.14. The maximum absolute atomic E-state index is 6.00. The van der Waals surface area contributed by atoms with Gasteiger partial charge in [0.1, 0.15) is 5.01 Å². The molecule has 1 fully saturated rings. The van der Waals surface area contributed by atoms with Gasteiger partial charge in [0.05, 0.1) is 0 Å². The van der Waals surface area contributed by atoms with Crippen LogP contribution in [0.2, 0.25) is 0 Å². The van der Waals surface area contributed by atoms with Crippen molar-refractivity contribution in [1.82, 2.24) is 15.1 Å². The average Bonchev–Trinajstić information content (AvgIpc) is 3.10. The predicted octanol–water partition coefficient (Wildman–Crippen LogP) is 2.98. The molecule has 112 valence electrons. The van der Waals surface area contributed by atoms with Gasteiger partial charge in [-0.3, -0.25) is 0 Å². The van der Waals surface area contributed by atoms with Crippen molar-refractivity contribution in [1.29, 1.82) is 0 Å². The number of benzene rings is 1. The Labute approximate surface area is 134 Å². The molecule has 0 spiro atoms. The molecule has 2 aromatic rings. The number of nitrogens with zero attached hydrogens (tertiary/aromatic N) is 4. The summed E-state index contributed by atoms with van der Waals surface area (Å²) in [7, 11) is 0. The number of aryl methyl sites for hydroxylation is 1. The molecule has 0 saturated carbocycles. The molecule has 1 aliphatic heterocycles. The summed E-state index contributed by atoms with van der Waals surface area (Å²) in [4.78, 5) is 6.47. The van der Waals surface area contributed by atoms with E-state index in [0.717, 1.165) is 23.7 Å². The number of nitrogens with two attached hydrogens (primary N) is 1. The standard InChI is InChI=1S/C14H17N5S.ClH/c1-10-6-2-3-7-11(10)12-17-18-14(20-12)16-13(15)19-8-4-5-9-19;/h2-3,6-7H,4-5,8-9H2,1H3,(H2,15,16,18);1H. The van der Waals surface area contributed by atoms with E-state index in [0.29, 0.717) is 11.1 Å². The number of likely N-dealkylation sites (tertiary alicyclic amines) is 1. The average molecular weight is 324 g/mol. The second-order valence-electron chi connectivity index (χ2n) is 4.87. The molecule has 3 rings (SSSR count). The van der Waals surface area contributed by atoms with Crippen LogP contribution in [-0.2, 0) is 0 Å². The third kappa shape index (κ3) is 3.51. The molecule has 21 heavy (non-hydrogen) atoms. The maximum Gasteiger partial charge on any atom is 0.235 e. The van der Waals surface area contributed by atoms with Crippen LogP contribution in [0.15, 0.2) is 29.3 Å². The second kappa shape index (κ2) is 6.87. The minimum Gasteiger partial charge on any atom is -0.369 e. The Morgan fingerprint density at radius 1 is 1.24 bits per heavy atom. The van der Waals surface area contributed by atoms with Crippen LogP contribution in [0.3, 0.4) is 0 Å². The molecule has 2 heterocycles. The van der Waals surface area contributed by atoms with Crippen LogP contribution in [0.5, 0.6) is 0 Å². The van der Waals surface area contributed by atoms with Crippen LogP contribution >= 0.6 is 23.7 Å². The Morgan fingerprint density at radius 2 is 1.95 bits per heavy atom. The first-order valence-corrected chi connectivity index (χ1v) is 7.54. The highest BCUT2D eigenvalue weighted by Crippen LogP contribution is 2.30. The van der Waals surface area contributed by atoms with E-state index in [4.69, 9.17) is 5.73 Å². The van der Waals surface area contributed by atoms with Crippen molar-refractivity contribution >= 4 is 34.8 Å². The van der Waals surface area contributed by atoms with Crippen molar-refractivity contribution in [2.45, 2.75) is 19.8 Å². The SMILES string of the molecule is Cc1ccccc1-c1nnc(/N=C(\N)N2CCCC2)s1.Cl. The van der Waals surface area contributed by atoms with Gasteiger partial charge in [0, 0.05) is 18.7 Å². The molecule has 7 heteroatoms. The molecule has 1 aromatic carbocycles. The van der Waals surface area contributed by atoms with Gasteiger partial charge in [-0.25, -0.2) is 0 Å². The Bertz CT molecular complexity index is 634. The third-order valence-electron chi connectivity index (χ3n) is 3.43. The number of hydrogen-bond acceptors (Lipinski definition) is 4. The summed E-state index contributed by atoms with van der Waals surface area (Å²) in [5, 5.41) is 9.84. The molecular formula is C14H18ClN5S. The van der Waals surface area contributed by atoms with E-state index in [1.165, 1.54) is 29.7 Å². The van der Waals surface area contributed by atoms with Gasteiger partial charge in [0.2, 0.25) is 5.13 Å². The molecule has 0 atom stereocenters. The summed E-state index contributed by atoms with van der Waals surface area (Å²) in [6.07, 6.45) is 2.36. The highest BCUT2D eigenvalue weighted by Gasteiger charge is 2.15. The van der Waals surface area contributed by atoms with Crippen molar-refractivity contribution in [3.8, 4) is 10.6 Å². The fraction of sp³-hybridized carbons (Fsp3) is 0.357. The predicted molar refractivity (Wildman–Crippen MR) is 89.4 cm³/mol. The molecule has 1 saturated heterocycles. The smallest absolute Gasteiger partial charge is 0.235 e. The maximum atomic E-state index is 6.00. The van der Waals surface area contributed by atoms with Crippen LogP contribution in [0.1, 0.15) is 18.4 Å². The van der Waals surface area contributed by atoms with Crippen LogP contribution in [-0.4, -0.2) is 34.1 Å². The fourth-order valence-corrected chi connectivity index (χ4v) is 3.11. The third-order valence-corrected chi connectivity index (χ3v) is 4.28. The van der Waals surface area contributed by atoms with Gasteiger partial charge >= 0.3 is 0 Å². The van der Waals surface area contributed by atoms with Gasteiger partial charge < -0.3 is 10.6 Å². The number of halogens is 1. The lowest BCUT2D eigenvalue weighted by Crippen LogP contribution is -2.34. The topological polar surface area (TPSA) is 67.4 Å². The zero-order valence-corrected chi connectivity index (χ0v) is 13.5. The first kappa shape index (κ1) is 15.7. The molecule has 5 nitrogen and oxygen atoms in total. The monoisotopic (exact) mass is 323 g/mol. The Morgan fingerprint density at radius 3 is 2.67 bits per heavy atom. The minimum absolute atomic E-state index is 0. The lowest BCUT2D eigenvalue weighted by atomic mass is 10.1.